The van der Waals surface area contributed by atoms with Crippen LogP contribution in [0.15, 0.2) is 0 Å². The maximum absolute atomic E-state index is 9.68. The molecule has 0 rings (SSSR count). The topological polar surface area (TPSA) is 17.1 Å². The molecule has 0 amide bonds. The molecule has 0 aliphatic heterocycles. The Hall–Kier alpha value is -0.330. The summed E-state index contributed by atoms with van der Waals surface area (Å²) in [6, 6.07) is 0. The Bertz CT molecular complexity index is 85.2. The van der Waals surface area contributed by atoms with Crippen LogP contribution in [0.1, 0.15) is 78.6 Å². The first-order valence-electron chi connectivity index (χ1n) is 6.27. The van der Waals surface area contributed by atoms with E-state index in [2.05, 4.69) is 20.8 Å². The average Bonchev–Trinajstić information content (AvgIpc) is 2.21. The van der Waals surface area contributed by atoms with Crippen LogP contribution in [0, 0.1) is 0 Å². The molecule has 0 saturated heterocycles. The van der Waals surface area contributed by atoms with Crippen molar-refractivity contribution in [1.82, 2.24) is 0 Å². The van der Waals surface area contributed by atoms with Gasteiger partial charge in [0, 0.05) is 6.42 Å². The van der Waals surface area contributed by atoms with Gasteiger partial charge in [0.1, 0.15) is 6.29 Å². The zero-order valence-electron chi connectivity index (χ0n) is 10.3. The number of carbonyl (C=O) groups excluding carboxylic acids is 1. The fourth-order valence-corrected chi connectivity index (χ4v) is 1.15. The molecular formula is C13H28O. The van der Waals surface area contributed by atoms with Gasteiger partial charge in [-0.3, -0.25) is 0 Å². The lowest BCUT2D eigenvalue weighted by Crippen LogP contribution is -1.73. The predicted molar refractivity (Wildman–Crippen MR) is 64.6 cm³/mol. The number of hydrogen-bond acceptors (Lipinski definition) is 1. The van der Waals surface area contributed by atoms with Crippen molar-refractivity contribution < 1.29 is 4.79 Å². The Labute approximate surface area is 90.3 Å². The highest BCUT2D eigenvalue weighted by molar-refractivity contribution is 5.48. The van der Waals surface area contributed by atoms with Crippen LogP contribution in [0.3, 0.4) is 0 Å². The zero-order chi connectivity index (χ0) is 11.1. The van der Waals surface area contributed by atoms with Crippen molar-refractivity contribution in [2.24, 2.45) is 0 Å². The molecule has 1 nitrogen and oxygen atoms in total. The standard InChI is InChI=1S/C7H16.C6H12O/c1-3-5-7-6-4-2;1-2-3-4-5-6-7/h3-7H2,1-2H3;6H,2-5H2,1H3. The third-order valence-corrected chi connectivity index (χ3v) is 2.13. The van der Waals surface area contributed by atoms with Gasteiger partial charge in [-0.2, -0.15) is 0 Å². The summed E-state index contributed by atoms with van der Waals surface area (Å²) in [6.07, 6.45) is 12.2. The van der Waals surface area contributed by atoms with Crippen LogP contribution in [0.2, 0.25) is 0 Å². The Morgan fingerprint density at radius 2 is 1.14 bits per heavy atom. The Morgan fingerprint density at radius 1 is 0.714 bits per heavy atom. The molecule has 0 aliphatic rings. The second-order valence-corrected chi connectivity index (χ2v) is 3.72. The van der Waals surface area contributed by atoms with E-state index in [1.54, 1.807) is 0 Å². The molecule has 0 aromatic heterocycles. The van der Waals surface area contributed by atoms with Crippen LogP contribution in [-0.4, -0.2) is 6.29 Å². The molecule has 0 aromatic carbocycles. The summed E-state index contributed by atoms with van der Waals surface area (Å²) >= 11 is 0. The Morgan fingerprint density at radius 3 is 1.50 bits per heavy atom. The van der Waals surface area contributed by atoms with Crippen LogP contribution in [0.4, 0.5) is 0 Å². The molecule has 0 aromatic rings. The van der Waals surface area contributed by atoms with Gasteiger partial charge in [-0.15, -0.1) is 0 Å². The van der Waals surface area contributed by atoms with Crippen molar-refractivity contribution in [1.29, 1.82) is 0 Å². The van der Waals surface area contributed by atoms with Crippen molar-refractivity contribution in [3.05, 3.63) is 0 Å². The van der Waals surface area contributed by atoms with Crippen molar-refractivity contribution in [3.63, 3.8) is 0 Å². The first-order valence-corrected chi connectivity index (χ1v) is 6.27. The fraction of sp³-hybridized carbons (Fsp3) is 0.923. The van der Waals surface area contributed by atoms with E-state index < -0.39 is 0 Å². The van der Waals surface area contributed by atoms with Crippen molar-refractivity contribution in [2.75, 3.05) is 0 Å². The first-order chi connectivity index (χ1) is 6.83. The molecule has 86 valence electrons. The van der Waals surface area contributed by atoms with E-state index in [4.69, 9.17) is 0 Å². The summed E-state index contributed by atoms with van der Waals surface area (Å²) in [5, 5.41) is 0. The smallest absolute Gasteiger partial charge is 0.119 e. The van der Waals surface area contributed by atoms with E-state index in [0.29, 0.717) is 0 Å². The Kier molecular flexibility index (Phi) is 21.2. The minimum atomic E-state index is 0.744. The third kappa shape index (κ3) is 22.6. The monoisotopic (exact) mass is 200 g/mol. The summed E-state index contributed by atoms with van der Waals surface area (Å²) in [5.41, 5.74) is 0. The summed E-state index contributed by atoms with van der Waals surface area (Å²) in [4.78, 5) is 9.68. The maximum Gasteiger partial charge on any atom is 0.119 e. The highest BCUT2D eigenvalue weighted by Gasteiger charge is 1.80. The molecule has 0 N–H and O–H groups in total. The summed E-state index contributed by atoms with van der Waals surface area (Å²) in [6.45, 7) is 6.62. The molecule has 0 bridgehead atoms. The van der Waals surface area contributed by atoms with Crippen molar-refractivity contribution in [2.45, 2.75) is 78.6 Å². The van der Waals surface area contributed by atoms with Gasteiger partial charge >= 0.3 is 0 Å². The van der Waals surface area contributed by atoms with Gasteiger partial charge in [0.15, 0.2) is 0 Å². The second-order valence-electron chi connectivity index (χ2n) is 3.72. The number of hydrogen-bond donors (Lipinski definition) is 0. The summed E-state index contributed by atoms with van der Waals surface area (Å²) in [7, 11) is 0. The SMILES string of the molecule is CCCCCC=O.CCCCCCC. The number of rotatable bonds is 8. The lowest BCUT2D eigenvalue weighted by atomic mass is 10.2. The van der Waals surface area contributed by atoms with Gasteiger partial charge < -0.3 is 4.79 Å². The molecule has 0 fully saturated rings. The van der Waals surface area contributed by atoms with Crippen LogP contribution >= 0.6 is 0 Å². The molecule has 0 heterocycles. The van der Waals surface area contributed by atoms with E-state index in [-0.39, 0.29) is 0 Å². The molecule has 0 spiro atoms. The molecule has 0 unspecified atom stereocenters. The molecule has 14 heavy (non-hydrogen) atoms. The third-order valence-electron chi connectivity index (χ3n) is 2.13. The van der Waals surface area contributed by atoms with Gasteiger partial charge in [0.2, 0.25) is 0 Å². The molecule has 0 atom stereocenters. The van der Waals surface area contributed by atoms with Gasteiger partial charge in [-0.25, -0.2) is 0 Å². The van der Waals surface area contributed by atoms with E-state index in [0.717, 1.165) is 19.1 Å². The highest BCUT2D eigenvalue weighted by atomic mass is 16.1. The molecule has 0 aliphatic carbocycles. The number of unbranched alkanes of at least 4 members (excludes halogenated alkanes) is 7. The lowest BCUT2D eigenvalue weighted by Gasteiger charge is -1.90. The minimum Gasteiger partial charge on any atom is -0.303 e. The predicted octanol–water partition coefficient (Wildman–Crippen LogP) is 4.74. The van der Waals surface area contributed by atoms with E-state index in [9.17, 15) is 4.79 Å². The first kappa shape index (κ1) is 16.1. The Balaban J connectivity index is 0. The molecular weight excluding hydrogens is 172 g/mol. The van der Waals surface area contributed by atoms with Crippen molar-refractivity contribution in [3.8, 4) is 0 Å². The van der Waals surface area contributed by atoms with Crippen LogP contribution in [0.25, 0.3) is 0 Å². The van der Waals surface area contributed by atoms with Gasteiger partial charge in [0.05, 0.1) is 0 Å². The highest BCUT2D eigenvalue weighted by Crippen LogP contribution is 2.00. The second kappa shape index (κ2) is 18.5. The lowest BCUT2D eigenvalue weighted by molar-refractivity contribution is -0.107. The summed E-state index contributed by atoms with van der Waals surface area (Å²) < 4.78 is 0. The van der Waals surface area contributed by atoms with Gasteiger partial charge in [-0.05, 0) is 6.42 Å². The van der Waals surface area contributed by atoms with E-state index in [1.165, 1.54) is 44.9 Å². The van der Waals surface area contributed by atoms with Crippen LogP contribution in [-0.2, 0) is 4.79 Å². The quantitative estimate of drug-likeness (QED) is 0.408. The van der Waals surface area contributed by atoms with Gasteiger partial charge in [0.25, 0.3) is 0 Å². The number of aldehydes is 1. The van der Waals surface area contributed by atoms with Crippen molar-refractivity contribution >= 4 is 6.29 Å². The molecule has 0 saturated carbocycles. The fourth-order valence-electron chi connectivity index (χ4n) is 1.15. The molecule has 0 radical (unpaired) electrons. The van der Waals surface area contributed by atoms with Crippen LogP contribution < -0.4 is 0 Å². The van der Waals surface area contributed by atoms with E-state index in [1.807, 2.05) is 0 Å². The normalized spacial score (nSPS) is 9.07. The maximum atomic E-state index is 9.68. The number of carbonyl (C=O) groups is 1. The zero-order valence-corrected chi connectivity index (χ0v) is 10.3. The molecule has 1 heteroatoms. The van der Waals surface area contributed by atoms with Gasteiger partial charge in [-0.1, -0.05) is 65.7 Å². The largest absolute Gasteiger partial charge is 0.303 e. The van der Waals surface area contributed by atoms with E-state index >= 15 is 0 Å². The van der Waals surface area contributed by atoms with Crippen LogP contribution in [0.5, 0.6) is 0 Å². The summed E-state index contributed by atoms with van der Waals surface area (Å²) in [5.74, 6) is 0. The average molecular weight is 200 g/mol. The minimum absolute atomic E-state index is 0.744.